The first-order valence-electron chi connectivity index (χ1n) is 13.1. The lowest BCUT2D eigenvalue weighted by atomic mass is 10.1. The van der Waals surface area contributed by atoms with E-state index in [1.165, 1.54) is 6.07 Å². The molecule has 0 spiro atoms. The van der Waals surface area contributed by atoms with E-state index in [-0.39, 0.29) is 29.1 Å². The number of sulfonamides is 1. The maximum Gasteiger partial charge on any atom is 0.237 e. The van der Waals surface area contributed by atoms with Gasteiger partial charge >= 0.3 is 0 Å². The van der Waals surface area contributed by atoms with Gasteiger partial charge in [-0.1, -0.05) is 30.3 Å². The SMILES string of the molecule is Cc1c(Oc2ncccc2-c2ccnc(N[C@H]3CCCNC3)n2)cc(F)c(NS(=O)(=O)Cc2ccccc2)c1C. The maximum absolute atomic E-state index is 15.3. The number of pyridine rings is 1. The van der Waals surface area contributed by atoms with Crippen molar-refractivity contribution in [2.24, 2.45) is 0 Å². The third kappa shape index (κ3) is 6.54. The van der Waals surface area contributed by atoms with Gasteiger partial charge in [-0.25, -0.2) is 27.8 Å². The van der Waals surface area contributed by atoms with Crippen LogP contribution in [0.2, 0.25) is 0 Å². The van der Waals surface area contributed by atoms with Crippen molar-refractivity contribution in [1.29, 1.82) is 0 Å². The zero-order valence-corrected chi connectivity index (χ0v) is 23.1. The Labute approximate surface area is 233 Å². The van der Waals surface area contributed by atoms with Gasteiger partial charge in [-0.05, 0) is 68.1 Å². The highest BCUT2D eigenvalue weighted by atomic mass is 32.2. The molecule has 9 nitrogen and oxygen atoms in total. The van der Waals surface area contributed by atoms with Crippen molar-refractivity contribution in [3.63, 3.8) is 0 Å². The second-order valence-electron chi connectivity index (χ2n) is 9.74. The Hall–Kier alpha value is -4.09. The minimum Gasteiger partial charge on any atom is -0.438 e. The van der Waals surface area contributed by atoms with Crippen molar-refractivity contribution in [3.05, 3.63) is 89.5 Å². The fourth-order valence-electron chi connectivity index (χ4n) is 4.57. The predicted octanol–water partition coefficient (Wildman–Crippen LogP) is 5.19. The molecule has 0 saturated carbocycles. The lowest BCUT2D eigenvalue weighted by Crippen LogP contribution is -2.38. The van der Waals surface area contributed by atoms with E-state index in [4.69, 9.17) is 4.74 Å². The fraction of sp³-hybridized carbons (Fsp3) is 0.276. The van der Waals surface area contributed by atoms with Gasteiger partial charge in [0.25, 0.3) is 0 Å². The number of benzene rings is 2. The number of piperidine rings is 1. The molecule has 3 heterocycles. The van der Waals surface area contributed by atoms with Crippen LogP contribution in [0.1, 0.15) is 29.5 Å². The van der Waals surface area contributed by atoms with Crippen molar-refractivity contribution >= 4 is 21.7 Å². The van der Waals surface area contributed by atoms with Gasteiger partial charge in [-0.2, -0.15) is 0 Å². The lowest BCUT2D eigenvalue weighted by Gasteiger charge is -2.23. The van der Waals surface area contributed by atoms with E-state index in [0.29, 0.717) is 33.9 Å². The minimum atomic E-state index is -3.85. The van der Waals surface area contributed by atoms with Crippen LogP contribution in [0.3, 0.4) is 0 Å². The molecular formula is C29H31FN6O3S. The molecule has 1 aliphatic heterocycles. The van der Waals surface area contributed by atoms with Gasteiger partial charge < -0.3 is 15.4 Å². The molecule has 2 aromatic carbocycles. The Morgan fingerprint density at radius 1 is 1.05 bits per heavy atom. The van der Waals surface area contributed by atoms with Crippen molar-refractivity contribution in [1.82, 2.24) is 20.3 Å². The molecule has 2 aromatic heterocycles. The van der Waals surface area contributed by atoms with E-state index in [9.17, 15) is 8.42 Å². The van der Waals surface area contributed by atoms with Gasteiger partial charge in [0.05, 0.1) is 22.7 Å². The standard InChI is InChI=1S/C29H31FN6O3S/c1-19-20(2)27(36-40(37,38)18-21-8-4-3-5-9-21)24(30)16-26(19)39-28-23(11-7-14-32-28)25-12-15-33-29(35-25)34-22-10-6-13-31-17-22/h3-5,7-9,11-12,14-16,22,31,36H,6,10,13,17-18H2,1-2H3,(H,33,34,35)/t22-/m0/s1. The van der Waals surface area contributed by atoms with E-state index >= 15 is 4.39 Å². The summed E-state index contributed by atoms with van der Waals surface area (Å²) in [5.74, 6) is -0.0468. The topological polar surface area (TPSA) is 118 Å². The molecule has 40 heavy (non-hydrogen) atoms. The molecule has 5 rings (SSSR count). The van der Waals surface area contributed by atoms with Crippen LogP contribution in [0.4, 0.5) is 16.0 Å². The summed E-state index contributed by atoms with van der Waals surface area (Å²) in [6.45, 7) is 5.24. The van der Waals surface area contributed by atoms with Gasteiger partial charge in [-0.3, -0.25) is 4.72 Å². The van der Waals surface area contributed by atoms with Crippen LogP contribution in [0, 0.1) is 19.7 Å². The van der Waals surface area contributed by atoms with Crippen LogP contribution in [0.5, 0.6) is 11.6 Å². The van der Waals surface area contributed by atoms with Crippen molar-refractivity contribution in [2.75, 3.05) is 23.1 Å². The summed E-state index contributed by atoms with van der Waals surface area (Å²) < 4.78 is 49.4. The number of hydrogen-bond donors (Lipinski definition) is 3. The molecule has 0 unspecified atom stereocenters. The van der Waals surface area contributed by atoms with Crippen LogP contribution in [0.25, 0.3) is 11.3 Å². The molecule has 1 atom stereocenters. The number of anilines is 2. The molecular weight excluding hydrogens is 531 g/mol. The Bertz CT molecular complexity index is 1600. The number of nitrogens with zero attached hydrogens (tertiary/aromatic N) is 3. The van der Waals surface area contributed by atoms with E-state index in [0.717, 1.165) is 25.9 Å². The Balaban J connectivity index is 1.38. The van der Waals surface area contributed by atoms with Crippen LogP contribution >= 0.6 is 0 Å². The molecule has 1 saturated heterocycles. The number of hydrogen-bond acceptors (Lipinski definition) is 8. The molecule has 208 valence electrons. The van der Waals surface area contributed by atoms with Crippen molar-refractivity contribution in [3.8, 4) is 22.9 Å². The summed E-state index contributed by atoms with van der Waals surface area (Å²) in [6, 6.07) is 15.5. The first-order valence-corrected chi connectivity index (χ1v) is 14.7. The highest BCUT2D eigenvalue weighted by Gasteiger charge is 2.21. The number of rotatable bonds is 9. The highest BCUT2D eigenvalue weighted by Crippen LogP contribution is 2.36. The number of nitrogens with one attached hydrogen (secondary N) is 3. The molecule has 1 aliphatic rings. The summed E-state index contributed by atoms with van der Waals surface area (Å²) in [7, 11) is -3.85. The van der Waals surface area contributed by atoms with Crippen molar-refractivity contribution in [2.45, 2.75) is 38.5 Å². The molecule has 4 aromatic rings. The highest BCUT2D eigenvalue weighted by molar-refractivity contribution is 7.91. The van der Waals surface area contributed by atoms with E-state index < -0.39 is 15.8 Å². The first kappa shape index (κ1) is 27.5. The number of aromatic nitrogens is 3. The summed E-state index contributed by atoms with van der Waals surface area (Å²) in [5.41, 5.74) is 2.70. The maximum atomic E-state index is 15.3. The van der Waals surface area contributed by atoms with Crippen LogP contribution in [-0.4, -0.2) is 42.5 Å². The van der Waals surface area contributed by atoms with E-state index in [1.54, 1.807) is 68.7 Å². The summed E-state index contributed by atoms with van der Waals surface area (Å²) in [6.07, 6.45) is 5.37. The van der Waals surface area contributed by atoms with E-state index in [1.807, 2.05) is 6.07 Å². The van der Waals surface area contributed by atoms with Gasteiger partial charge in [-0.15, -0.1) is 0 Å². The molecule has 1 fully saturated rings. The zero-order chi connectivity index (χ0) is 28.1. The van der Waals surface area contributed by atoms with E-state index in [2.05, 4.69) is 30.3 Å². The third-order valence-corrected chi connectivity index (χ3v) is 8.03. The predicted molar refractivity (Wildman–Crippen MR) is 153 cm³/mol. The summed E-state index contributed by atoms with van der Waals surface area (Å²) >= 11 is 0. The normalized spacial score (nSPS) is 15.4. The summed E-state index contributed by atoms with van der Waals surface area (Å²) in [5, 5.41) is 6.74. The van der Waals surface area contributed by atoms with Crippen LogP contribution < -0.4 is 20.1 Å². The summed E-state index contributed by atoms with van der Waals surface area (Å²) in [4.78, 5) is 13.4. The number of halogens is 1. The smallest absolute Gasteiger partial charge is 0.237 e. The van der Waals surface area contributed by atoms with Crippen LogP contribution in [-0.2, 0) is 15.8 Å². The zero-order valence-electron chi connectivity index (χ0n) is 22.3. The van der Waals surface area contributed by atoms with Gasteiger partial charge in [0.1, 0.15) is 5.75 Å². The Kier molecular flexibility index (Phi) is 8.22. The molecule has 0 amide bonds. The Morgan fingerprint density at radius 3 is 2.65 bits per heavy atom. The average Bonchev–Trinajstić information content (AvgIpc) is 2.95. The molecule has 0 aliphatic carbocycles. The number of ether oxygens (including phenoxy) is 1. The van der Waals surface area contributed by atoms with Crippen LogP contribution in [0.15, 0.2) is 67.0 Å². The molecule has 0 bridgehead atoms. The molecule has 11 heteroatoms. The van der Waals surface area contributed by atoms with Crippen molar-refractivity contribution < 1.29 is 17.5 Å². The van der Waals surface area contributed by atoms with Gasteiger partial charge in [0.2, 0.25) is 21.9 Å². The minimum absolute atomic E-state index is 0.106. The first-order chi connectivity index (χ1) is 19.3. The quantitative estimate of drug-likeness (QED) is 0.255. The van der Waals surface area contributed by atoms with Gasteiger partial charge in [0, 0.05) is 31.0 Å². The largest absolute Gasteiger partial charge is 0.438 e. The second-order valence-corrected chi connectivity index (χ2v) is 11.5. The molecule has 0 radical (unpaired) electrons. The second kappa shape index (κ2) is 12.0. The third-order valence-electron chi connectivity index (χ3n) is 6.80. The monoisotopic (exact) mass is 562 g/mol. The Morgan fingerprint density at radius 2 is 1.88 bits per heavy atom. The van der Waals surface area contributed by atoms with Gasteiger partial charge in [0.15, 0.2) is 5.82 Å². The molecule has 3 N–H and O–H groups in total. The average molecular weight is 563 g/mol. The lowest BCUT2D eigenvalue weighted by molar-refractivity contribution is 0.456. The fourth-order valence-corrected chi connectivity index (χ4v) is 5.84.